The molecular weight excluding hydrogens is 380 g/mol. The Kier molecular flexibility index (Phi) is 5.33. The lowest BCUT2D eigenvalue weighted by Gasteiger charge is -2.12. The molecule has 0 aliphatic carbocycles. The molecule has 1 heterocycles. The number of hydrogen-bond acceptors (Lipinski definition) is 7. The third-order valence-corrected chi connectivity index (χ3v) is 5.34. The Morgan fingerprint density at radius 2 is 1.75 bits per heavy atom. The van der Waals surface area contributed by atoms with Crippen molar-refractivity contribution in [2.75, 3.05) is 6.26 Å². The van der Waals surface area contributed by atoms with E-state index in [1.54, 1.807) is 19.9 Å². The van der Waals surface area contributed by atoms with Crippen LogP contribution in [0.15, 0.2) is 51.8 Å². The maximum Gasteiger partial charge on any atom is 0.339 e. The molecule has 0 saturated heterocycles. The van der Waals surface area contributed by atoms with Gasteiger partial charge in [-0.1, -0.05) is 23.8 Å². The van der Waals surface area contributed by atoms with Gasteiger partial charge < -0.3 is 9.15 Å². The Morgan fingerprint density at radius 3 is 2.39 bits per heavy atom. The summed E-state index contributed by atoms with van der Waals surface area (Å²) < 4.78 is 34.5. The molecule has 0 aliphatic rings. The fourth-order valence-electron chi connectivity index (χ4n) is 2.54. The Bertz CT molecular complexity index is 1120. The second-order valence-electron chi connectivity index (χ2n) is 6.61. The first-order valence-electron chi connectivity index (χ1n) is 8.57. The van der Waals surface area contributed by atoms with Gasteiger partial charge in [0.05, 0.1) is 10.5 Å². The SMILES string of the molecule is Cc1ccc(-c2nnc([C@H](C)OC(=O)c3cc(S(C)(=O)=O)ccc3C)o2)cc1. The highest BCUT2D eigenvalue weighted by atomic mass is 32.2. The van der Waals surface area contributed by atoms with Gasteiger partial charge in [0.2, 0.25) is 5.89 Å². The average Bonchev–Trinajstić information content (AvgIpc) is 3.12. The molecule has 28 heavy (non-hydrogen) atoms. The first-order chi connectivity index (χ1) is 13.1. The van der Waals surface area contributed by atoms with Crippen molar-refractivity contribution in [2.24, 2.45) is 0 Å². The molecule has 0 saturated carbocycles. The highest BCUT2D eigenvalue weighted by Crippen LogP contribution is 2.24. The van der Waals surface area contributed by atoms with E-state index in [0.29, 0.717) is 11.5 Å². The largest absolute Gasteiger partial charge is 0.449 e. The maximum atomic E-state index is 12.5. The van der Waals surface area contributed by atoms with Crippen LogP contribution in [-0.2, 0) is 14.6 Å². The molecule has 3 rings (SSSR count). The number of rotatable bonds is 5. The first-order valence-corrected chi connectivity index (χ1v) is 10.5. The van der Waals surface area contributed by atoms with Gasteiger partial charge in [-0.3, -0.25) is 0 Å². The number of nitrogens with zero attached hydrogens (tertiary/aromatic N) is 2. The third-order valence-electron chi connectivity index (χ3n) is 4.23. The predicted octanol–water partition coefficient (Wildman–Crippen LogP) is 3.67. The van der Waals surface area contributed by atoms with E-state index < -0.39 is 21.9 Å². The van der Waals surface area contributed by atoms with Crippen LogP contribution in [0.2, 0.25) is 0 Å². The van der Waals surface area contributed by atoms with Gasteiger partial charge in [-0.05, 0) is 50.6 Å². The summed E-state index contributed by atoms with van der Waals surface area (Å²) in [6, 6.07) is 11.9. The summed E-state index contributed by atoms with van der Waals surface area (Å²) in [6.45, 7) is 5.29. The van der Waals surface area contributed by atoms with Gasteiger partial charge in [0.1, 0.15) is 0 Å². The van der Waals surface area contributed by atoms with E-state index >= 15 is 0 Å². The van der Waals surface area contributed by atoms with Crippen LogP contribution in [0.1, 0.15) is 40.4 Å². The second kappa shape index (κ2) is 7.55. The van der Waals surface area contributed by atoms with E-state index in [4.69, 9.17) is 9.15 Å². The minimum Gasteiger partial charge on any atom is -0.449 e. The standard InChI is InChI=1S/C20H20N2O5S/c1-12-5-8-15(9-6-12)19-22-21-18(27-19)14(3)26-20(23)17-11-16(28(4,24)25)10-7-13(17)2/h5-11,14H,1-4H3/t14-/m0/s1. The molecular formula is C20H20N2O5S. The molecule has 0 unspecified atom stereocenters. The zero-order chi connectivity index (χ0) is 20.5. The van der Waals surface area contributed by atoms with E-state index in [-0.39, 0.29) is 16.3 Å². The summed E-state index contributed by atoms with van der Waals surface area (Å²) >= 11 is 0. The molecule has 1 aromatic heterocycles. The van der Waals surface area contributed by atoms with Gasteiger partial charge in [-0.15, -0.1) is 10.2 Å². The average molecular weight is 400 g/mol. The fourth-order valence-corrected chi connectivity index (χ4v) is 3.18. The van der Waals surface area contributed by atoms with Crippen LogP contribution in [0.4, 0.5) is 0 Å². The number of sulfone groups is 1. The van der Waals surface area contributed by atoms with Crippen LogP contribution in [0.25, 0.3) is 11.5 Å². The summed E-state index contributed by atoms with van der Waals surface area (Å²) in [7, 11) is -3.44. The lowest BCUT2D eigenvalue weighted by Crippen LogP contribution is -2.12. The molecule has 0 spiro atoms. The Labute approximate surface area is 163 Å². The number of aryl methyl sites for hydroxylation is 2. The molecule has 7 nitrogen and oxygen atoms in total. The molecule has 0 amide bonds. The van der Waals surface area contributed by atoms with E-state index in [9.17, 15) is 13.2 Å². The lowest BCUT2D eigenvalue weighted by molar-refractivity contribution is 0.0278. The number of carbonyl (C=O) groups is 1. The van der Waals surface area contributed by atoms with E-state index in [1.807, 2.05) is 31.2 Å². The van der Waals surface area contributed by atoms with Crippen LogP contribution >= 0.6 is 0 Å². The van der Waals surface area contributed by atoms with Gasteiger partial charge in [0.15, 0.2) is 15.9 Å². The lowest BCUT2D eigenvalue weighted by atomic mass is 10.1. The summed E-state index contributed by atoms with van der Waals surface area (Å²) in [5.74, 6) is -0.181. The van der Waals surface area contributed by atoms with Crippen molar-refractivity contribution in [1.29, 1.82) is 0 Å². The van der Waals surface area contributed by atoms with Crippen LogP contribution in [0.5, 0.6) is 0 Å². The van der Waals surface area contributed by atoms with Gasteiger partial charge >= 0.3 is 5.97 Å². The molecule has 0 N–H and O–H groups in total. The van der Waals surface area contributed by atoms with Crippen molar-refractivity contribution < 1.29 is 22.4 Å². The van der Waals surface area contributed by atoms with Crippen molar-refractivity contribution in [2.45, 2.75) is 31.8 Å². The van der Waals surface area contributed by atoms with Gasteiger partial charge in [-0.25, -0.2) is 13.2 Å². The summed E-state index contributed by atoms with van der Waals surface area (Å²) in [5, 5.41) is 7.95. The zero-order valence-corrected chi connectivity index (χ0v) is 16.8. The third kappa shape index (κ3) is 4.28. The van der Waals surface area contributed by atoms with E-state index in [1.165, 1.54) is 12.1 Å². The predicted molar refractivity (Wildman–Crippen MR) is 103 cm³/mol. The molecule has 3 aromatic rings. The van der Waals surface area contributed by atoms with Crippen LogP contribution in [0, 0.1) is 13.8 Å². The first kappa shape index (κ1) is 19.8. The molecule has 1 atom stereocenters. The molecule has 8 heteroatoms. The smallest absolute Gasteiger partial charge is 0.339 e. The molecule has 0 radical (unpaired) electrons. The number of hydrogen-bond donors (Lipinski definition) is 0. The summed E-state index contributed by atoms with van der Waals surface area (Å²) in [6.07, 6.45) is 0.293. The van der Waals surface area contributed by atoms with Crippen molar-refractivity contribution in [3.8, 4) is 11.5 Å². The van der Waals surface area contributed by atoms with Crippen molar-refractivity contribution in [3.63, 3.8) is 0 Å². The molecule has 0 bridgehead atoms. The summed E-state index contributed by atoms with van der Waals surface area (Å²) in [4.78, 5) is 12.6. The number of aromatic nitrogens is 2. The van der Waals surface area contributed by atoms with Gasteiger partial charge in [-0.2, -0.15) is 0 Å². The van der Waals surface area contributed by atoms with Crippen molar-refractivity contribution in [1.82, 2.24) is 10.2 Å². The van der Waals surface area contributed by atoms with Gasteiger partial charge in [0.25, 0.3) is 5.89 Å². The van der Waals surface area contributed by atoms with Crippen LogP contribution in [0.3, 0.4) is 0 Å². The van der Waals surface area contributed by atoms with Gasteiger partial charge in [0, 0.05) is 11.8 Å². The summed E-state index contributed by atoms with van der Waals surface area (Å²) in [5.41, 5.74) is 2.65. The number of carbonyl (C=O) groups excluding carboxylic acids is 1. The highest BCUT2D eigenvalue weighted by molar-refractivity contribution is 7.90. The number of ether oxygens (including phenoxy) is 1. The normalized spacial score (nSPS) is 12.6. The molecule has 0 aliphatic heterocycles. The van der Waals surface area contributed by atoms with Crippen molar-refractivity contribution >= 4 is 15.8 Å². The highest BCUT2D eigenvalue weighted by Gasteiger charge is 2.22. The topological polar surface area (TPSA) is 99.4 Å². The Morgan fingerprint density at radius 1 is 1.07 bits per heavy atom. The minimum atomic E-state index is -3.44. The Hall–Kier alpha value is -3.00. The fraction of sp³-hybridized carbons (Fsp3) is 0.250. The molecule has 146 valence electrons. The zero-order valence-electron chi connectivity index (χ0n) is 16.0. The van der Waals surface area contributed by atoms with E-state index in [0.717, 1.165) is 17.4 Å². The maximum absolute atomic E-state index is 12.5. The molecule has 0 fully saturated rings. The minimum absolute atomic E-state index is 0.0529. The second-order valence-corrected chi connectivity index (χ2v) is 8.62. The monoisotopic (exact) mass is 400 g/mol. The van der Waals surface area contributed by atoms with E-state index in [2.05, 4.69) is 10.2 Å². The number of benzene rings is 2. The number of esters is 1. The quantitative estimate of drug-likeness (QED) is 0.602. The molecule has 2 aromatic carbocycles. The van der Waals surface area contributed by atoms with Crippen LogP contribution < -0.4 is 0 Å². The Balaban J connectivity index is 1.79. The van der Waals surface area contributed by atoms with Crippen molar-refractivity contribution in [3.05, 3.63) is 65.0 Å². The van der Waals surface area contributed by atoms with Crippen LogP contribution in [-0.4, -0.2) is 30.8 Å².